The van der Waals surface area contributed by atoms with E-state index in [-0.39, 0.29) is 45.7 Å². The summed E-state index contributed by atoms with van der Waals surface area (Å²) >= 11 is 0. The standard InChI is InChI=1S/C16H32O9/c1-16(2)24-11-15(25-16)10-23-9-14(19)8-22-7-13(18)6-21-5-12(17)4-20-3/h12-15,17-19H,4-11H2,1-3H3. The molecule has 1 aliphatic heterocycles. The van der Waals surface area contributed by atoms with Crippen LogP contribution in [0.4, 0.5) is 0 Å². The molecule has 1 saturated heterocycles. The van der Waals surface area contributed by atoms with Crippen molar-refractivity contribution < 1.29 is 43.7 Å². The summed E-state index contributed by atoms with van der Waals surface area (Å²) in [6.45, 7) is 4.91. The summed E-state index contributed by atoms with van der Waals surface area (Å²) in [6, 6.07) is 0. The van der Waals surface area contributed by atoms with Gasteiger partial charge in [0, 0.05) is 7.11 Å². The molecule has 25 heavy (non-hydrogen) atoms. The van der Waals surface area contributed by atoms with Gasteiger partial charge in [-0.05, 0) is 13.8 Å². The average Bonchev–Trinajstić information content (AvgIpc) is 2.86. The van der Waals surface area contributed by atoms with Gasteiger partial charge in [-0.1, -0.05) is 0 Å². The predicted molar refractivity (Wildman–Crippen MR) is 87.3 cm³/mol. The molecule has 1 aliphatic rings. The smallest absolute Gasteiger partial charge is 0.163 e. The van der Waals surface area contributed by atoms with E-state index in [1.165, 1.54) is 7.11 Å². The molecule has 9 heteroatoms. The molecular weight excluding hydrogens is 336 g/mol. The van der Waals surface area contributed by atoms with Crippen LogP contribution in [0.15, 0.2) is 0 Å². The van der Waals surface area contributed by atoms with E-state index in [1.54, 1.807) is 0 Å². The van der Waals surface area contributed by atoms with Gasteiger partial charge < -0.3 is 43.7 Å². The number of aliphatic hydroxyl groups excluding tert-OH is 3. The molecule has 4 unspecified atom stereocenters. The Balaban J connectivity index is 1.96. The van der Waals surface area contributed by atoms with Crippen molar-refractivity contribution in [3.63, 3.8) is 0 Å². The van der Waals surface area contributed by atoms with E-state index >= 15 is 0 Å². The van der Waals surface area contributed by atoms with Crippen LogP contribution in [0.3, 0.4) is 0 Å². The van der Waals surface area contributed by atoms with Crippen molar-refractivity contribution in [2.24, 2.45) is 0 Å². The minimum absolute atomic E-state index is 0.0190. The lowest BCUT2D eigenvalue weighted by atomic mass is 10.3. The Bertz CT molecular complexity index is 340. The van der Waals surface area contributed by atoms with Gasteiger partial charge in [-0.15, -0.1) is 0 Å². The zero-order valence-corrected chi connectivity index (χ0v) is 15.3. The lowest BCUT2D eigenvalue weighted by Crippen LogP contribution is -2.30. The Kier molecular flexibility index (Phi) is 11.0. The first-order valence-electron chi connectivity index (χ1n) is 8.40. The maximum atomic E-state index is 9.76. The molecule has 1 fully saturated rings. The van der Waals surface area contributed by atoms with Gasteiger partial charge in [0.1, 0.15) is 24.4 Å². The van der Waals surface area contributed by atoms with Crippen LogP contribution in [-0.4, -0.2) is 105 Å². The first kappa shape index (κ1) is 22.7. The second-order valence-electron chi connectivity index (χ2n) is 6.48. The first-order chi connectivity index (χ1) is 11.8. The number of hydrogen-bond acceptors (Lipinski definition) is 9. The summed E-state index contributed by atoms with van der Waals surface area (Å²) in [5.74, 6) is -0.590. The van der Waals surface area contributed by atoms with Gasteiger partial charge in [-0.3, -0.25) is 0 Å². The average molecular weight is 368 g/mol. The summed E-state index contributed by atoms with van der Waals surface area (Å²) in [6.07, 6.45) is -2.51. The van der Waals surface area contributed by atoms with E-state index in [4.69, 9.17) is 28.4 Å². The second-order valence-corrected chi connectivity index (χ2v) is 6.48. The highest BCUT2D eigenvalue weighted by Crippen LogP contribution is 2.22. The van der Waals surface area contributed by atoms with Crippen molar-refractivity contribution in [2.45, 2.75) is 44.1 Å². The highest BCUT2D eigenvalue weighted by atomic mass is 16.7. The van der Waals surface area contributed by atoms with Crippen LogP contribution in [0.2, 0.25) is 0 Å². The summed E-state index contributed by atoms with van der Waals surface area (Å²) in [5, 5.41) is 28.8. The molecule has 0 spiro atoms. The molecule has 0 saturated carbocycles. The van der Waals surface area contributed by atoms with Crippen molar-refractivity contribution in [3.8, 4) is 0 Å². The quantitative estimate of drug-likeness (QED) is 0.352. The molecule has 3 N–H and O–H groups in total. The lowest BCUT2D eigenvalue weighted by molar-refractivity contribution is -0.147. The number of hydrogen-bond donors (Lipinski definition) is 3. The van der Waals surface area contributed by atoms with Gasteiger partial charge in [0.2, 0.25) is 0 Å². The molecule has 1 rings (SSSR count). The van der Waals surface area contributed by atoms with E-state index in [0.29, 0.717) is 13.2 Å². The third kappa shape index (κ3) is 11.1. The zero-order valence-electron chi connectivity index (χ0n) is 15.3. The Morgan fingerprint density at radius 1 is 0.880 bits per heavy atom. The Labute approximate surface area is 148 Å². The van der Waals surface area contributed by atoms with Crippen molar-refractivity contribution in [2.75, 3.05) is 60.0 Å². The van der Waals surface area contributed by atoms with Crippen molar-refractivity contribution >= 4 is 0 Å². The van der Waals surface area contributed by atoms with Gasteiger partial charge >= 0.3 is 0 Å². The number of methoxy groups -OCH3 is 1. The van der Waals surface area contributed by atoms with Crippen molar-refractivity contribution in [1.82, 2.24) is 0 Å². The van der Waals surface area contributed by atoms with Crippen molar-refractivity contribution in [3.05, 3.63) is 0 Å². The van der Waals surface area contributed by atoms with Crippen LogP contribution in [0, 0.1) is 0 Å². The molecule has 0 radical (unpaired) electrons. The van der Waals surface area contributed by atoms with Gasteiger partial charge in [0.25, 0.3) is 0 Å². The van der Waals surface area contributed by atoms with Gasteiger partial charge in [-0.2, -0.15) is 0 Å². The number of rotatable bonds is 14. The molecule has 0 aromatic carbocycles. The summed E-state index contributed by atoms with van der Waals surface area (Å²) < 4.78 is 31.5. The van der Waals surface area contributed by atoms with Crippen LogP contribution in [0.25, 0.3) is 0 Å². The molecule has 0 aromatic heterocycles. The fourth-order valence-corrected chi connectivity index (χ4v) is 2.20. The highest BCUT2D eigenvalue weighted by Gasteiger charge is 2.32. The molecule has 0 aliphatic carbocycles. The SMILES string of the molecule is COCC(O)COCC(O)COCC(O)COCC1COC(C)(C)O1. The van der Waals surface area contributed by atoms with E-state index in [0.717, 1.165) is 0 Å². The number of aliphatic hydroxyl groups is 3. The molecule has 9 nitrogen and oxygen atoms in total. The topological polar surface area (TPSA) is 116 Å². The summed E-state index contributed by atoms with van der Waals surface area (Å²) in [4.78, 5) is 0. The summed E-state index contributed by atoms with van der Waals surface area (Å²) in [7, 11) is 1.48. The number of ether oxygens (including phenoxy) is 6. The maximum Gasteiger partial charge on any atom is 0.163 e. The molecule has 150 valence electrons. The maximum absolute atomic E-state index is 9.76. The second kappa shape index (κ2) is 12.1. The molecular formula is C16H32O9. The molecule has 1 heterocycles. The van der Waals surface area contributed by atoms with Crippen molar-refractivity contribution in [1.29, 1.82) is 0 Å². The fraction of sp³-hybridized carbons (Fsp3) is 1.00. The fourth-order valence-electron chi connectivity index (χ4n) is 2.20. The van der Waals surface area contributed by atoms with Crippen LogP contribution >= 0.6 is 0 Å². The van der Waals surface area contributed by atoms with E-state index in [1.807, 2.05) is 13.8 Å². The van der Waals surface area contributed by atoms with Crippen LogP contribution in [0.1, 0.15) is 13.8 Å². The Morgan fingerprint density at radius 3 is 1.80 bits per heavy atom. The molecule has 0 amide bonds. The largest absolute Gasteiger partial charge is 0.388 e. The minimum atomic E-state index is -0.839. The van der Waals surface area contributed by atoms with Gasteiger partial charge in [0.05, 0.1) is 52.9 Å². The predicted octanol–water partition coefficient (Wildman–Crippen LogP) is -1.08. The Hall–Kier alpha value is -0.360. The van der Waals surface area contributed by atoms with Crippen LogP contribution in [-0.2, 0) is 28.4 Å². The third-order valence-electron chi connectivity index (χ3n) is 3.28. The molecule has 0 bridgehead atoms. The summed E-state index contributed by atoms with van der Waals surface area (Å²) in [5.41, 5.74) is 0. The normalized spacial score (nSPS) is 23.5. The lowest BCUT2D eigenvalue weighted by Gasteiger charge is -2.18. The molecule has 0 aromatic rings. The van der Waals surface area contributed by atoms with Crippen LogP contribution in [0.5, 0.6) is 0 Å². The van der Waals surface area contributed by atoms with E-state index in [2.05, 4.69) is 0 Å². The van der Waals surface area contributed by atoms with Crippen LogP contribution < -0.4 is 0 Å². The van der Waals surface area contributed by atoms with E-state index < -0.39 is 24.1 Å². The highest BCUT2D eigenvalue weighted by molar-refractivity contribution is 4.70. The van der Waals surface area contributed by atoms with Gasteiger partial charge in [-0.25, -0.2) is 0 Å². The monoisotopic (exact) mass is 368 g/mol. The first-order valence-corrected chi connectivity index (χ1v) is 8.40. The van der Waals surface area contributed by atoms with E-state index in [9.17, 15) is 15.3 Å². The minimum Gasteiger partial charge on any atom is -0.388 e. The third-order valence-corrected chi connectivity index (χ3v) is 3.28. The zero-order chi connectivity index (χ0) is 18.7. The molecule has 4 atom stereocenters. The van der Waals surface area contributed by atoms with Gasteiger partial charge in [0.15, 0.2) is 5.79 Å². The Morgan fingerprint density at radius 2 is 1.36 bits per heavy atom.